The molecule has 0 unspecified atom stereocenters. The van der Waals surface area contributed by atoms with Crippen LogP contribution in [0.25, 0.3) is 0 Å². The van der Waals surface area contributed by atoms with E-state index in [-0.39, 0.29) is 10.7 Å². The van der Waals surface area contributed by atoms with Crippen molar-refractivity contribution in [2.45, 2.75) is 12.5 Å². The van der Waals surface area contributed by atoms with Gasteiger partial charge in [-0.25, -0.2) is 8.78 Å². The van der Waals surface area contributed by atoms with Crippen molar-refractivity contribution < 1.29 is 13.6 Å². The van der Waals surface area contributed by atoms with E-state index in [2.05, 4.69) is 5.32 Å². The second-order valence-corrected chi connectivity index (χ2v) is 5.01. The Hall–Kier alpha value is -0.850. The molecule has 0 bridgehead atoms. The number of rotatable bonds is 5. The van der Waals surface area contributed by atoms with E-state index in [1.807, 2.05) is 6.26 Å². The number of benzene rings is 1. The van der Waals surface area contributed by atoms with Crippen molar-refractivity contribution in [3.8, 4) is 0 Å². The summed E-state index contributed by atoms with van der Waals surface area (Å²) < 4.78 is 26.2. The van der Waals surface area contributed by atoms with E-state index in [1.165, 1.54) is 0 Å². The molecule has 1 atom stereocenters. The van der Waals surface area contributed by atoms with Gasteiger partial charge in [0.05, 0.1) is 16.8 Å². The summed E-state index contributed by atoms with van der Waals surface area (Å²) in [6.45, 7) is 0. The van der Waals surface area contributed by atoms with E-state index < -0.39 is 23.6 Å². The maximum absolute atomic E-state index is 13.4. The molecule has 1 aromatic rings. The maximum Gasteiger partial charge on any atom is 0.241 e. The molecule has 0 radical (unpaired) electrons. The highest BCUT2D eigenvalue weighted by atomic mass is 35.5. The summed E-state index contributed by atoms with van der Waals surface area (Å²) in [5.74, 6) is -1.56. The third-order valence-corrected chi connectivity index (χ3v) is 3.17. The Morgan fingerprint density at radius 3 is 2.78 bits per heavy atom. The predicted molar refractivity (Wildman–Crippen MR) is 71.0 cm³/mol. The number of hydrogen-bond acceptors (Lipinski definition) is 3. The summed E-state index contributed by atoms with van der Waals surface area (Å²) in [4.78, 5) is 11.6. The van der Waals surface area contributed by atoms with E-state index in [4.69, 9.17) is 17.3 Å². The standard InChI is InChI=1S/C11H13ClF2N2OS/c1-18-3-2-9(15)11(17)16-10-7(12)4-6(13)5-8(10)14/h4-5,9H,2-3,15H2,1H3,(H,16,17)/t9-/m0/s1. The fraction of sp³-hybridized carbons (Fsp3) is 0.364. The molecule has 100 valence electrons. The molecule has 1 rings (SSSR count). The minimum absolute atomic E-state index is 0.196. The van der Waals surface area contributed by atoms with Crippen LogP contribution in [-0.2, 0) is 4.79 Å². The van der Waals surface area contributed by atoms with Crippen LogP contribution < -0.4 is 11.1 Å². The van der Waals surface area contributed by atoms with E-state index in [9.17, 15) is 13.6 Å². The molecule has 0 aliphatic rings. The highest BCUT2D eigenvalue weighted by Gasteiger charge is 2.17. The fourth-order valence-corrected chi connectivity index (χ4v) is 1.98. The van der Waals surface area contributed by atoms with Gasteiger partial charge in [0.25, 0.3) is 0 Å². The number of nitrogens with one attached hydrogen (secondary N) is 1. The van der Waals surface area contributed by atoms with Crippen LogP contribution in [0.15, 0.2) is 12.1 Å². The summed E-state index contributed by atoms with van der Waals surface area (Å²) in [7, 11) is 0. The van der Waals surface area contributed by atoms with Gasteiger partial charge in [-0.15, -0.1) is 0 Å². The van der Waals surface area contributed by atoms with Crippen LogP contribution in [0.5, 0.6) is 0 Å². The number of nitrogens with two attached hydrogens (primary N) is 1. The zero-order chi connectivity index (χ0) is 13.7. The first kappa shape index (κ1) is 15.2. The molecule has 0 saturated heterocycles. The second kappa shape index (κ2) is 6.92. The molecular weight excluding hydrogens is 282 g/mol. The molecule has 18 heavy (non-hydrogen) atoms. The van der Waals surface area contributed by atoms with E-state index >= 15 is 0 Å². The van der Waals surface area contributed by atoms with Crippen molar-refractivity contribution in [2.24, 2.45) is 5.73 Å². The molecule has 0 aliphatic carbocycles. The second-order valence-electron chi connectivity index (χ2n) is 3.62. The van der Waals surface area contributed by atoms with Gasteiger partial charge in [-0.1, -0.05) is 11.6 Å². The monoisotopic (exact) mass is 294 g/mol. The fourth-order valence-electron chi connectivity index (χ4n) is 1.25. The summed E-state index contributed by atoms with van der Waals surface area (Å²) in [6.07, 6.45) is 2.36. The molecule has 1 aromatic carbocycles. The number of thioether (sulfide) groups is 1. The van der Waals surface area contributed by atoms with Gasteiger partial charge in [-0.05, 0) is 24.5 Å². The van der Waals surface area contributed by atoms with E-state index in [1.54, 1.807) is 11.8 Å². The Morgan fingerprint density at radius 1 is 1.56 bits per heavy atom. The molecule has 0 saturated carbocycles. The first-order valence-electron chi connectivity index (χ1n) is 5.15. The van der Waals surface area contributed by atoms with Gasteiger partial charge < -0.3 is 11.1 Å². The van der Waals surface area contributed by atoms with Crippen LogP contribution in [0.3, 0.4) is 0 Å². The summed E-state index contributed by atoms with van der Waals surface area (Å²) in [5, 5.41) is 2.07. The molecule has 3 nitrogen and oxygen atoms in total. The molecule has 1 amide bonds. The summed E-state index contributed by atoms with van der Waals surface area (Å²) >= 11 is 7.20. The van der Waals surface area contributed by atoms with Crippen molar-refractivity contribution >= 4 is 35.0 Å². The Kier molecular flexibility index (Phi) is 5.84. The lowest BCUT2D eigenvalue weighted by atomic mass is 10.2. The van der Waals surface area contributed by atoms with E-state index in [0.29, 0.717) is 18.2 Å². The van der Waals surface area contributed by atoms with Crippen molar-refractivity contribution in [1.29, 1.82) is 0 Å². The Morgan fingerprint density at radius 2 is 2.22 bits per heavy atom. The number of carbonyl (C=O) groups excluding carboxylic acids is 1. The van der Waals surface area contributed by atoms with Gasteiger partial charge in [-0.2, -0.15) is 11.8 Å². The normalized spacial score (nSPS) is 12.3. The zero-order valence-electron chi connectivity index (χ0n) is 9.67. The lowest BCUT2D eigenvalue weighted by molar-refractivity contribution is -0.117. The topological polar surface area (TPSA) is 55.1 Å². The molecule has 0 fully saturated rings. The lowest BCUT2D eigenvalue weighted by Crippen LogP contribution is -2.36. The maximum atomic E-state index is 13.4. The molecule has 0 spiro atoms. The average molecular weight is 295 g/mol. The van der Waals surface area contributed by atoms with Gasteiger partial charge in [0, 0.05) is 6.07 Å². The summed E-state index contributed by atoms with van der Waals surface area (Å²) in [5.41, 5.74) is 5.37. The van der Waals surface area contributed by atoms with Gasteiger partial charge in [0.2, 0.25) is 5.91 Å². The minimum atomic E-state index is -0.926. The first-order valence-corrected chi connectivity index (χ1v) is 6.92. The van der Waals surface area contributed by atoms with Gasteiger partial charge >= 0.3 is 0 Å². The molecule has 0 aromatic heterocycles. The Labute approximate surface area is 113 Å². The minimum Gasteiger partial charge on any atom is -0.321 e. The molecule has 0 heterocycles. The third kappa shape index (κ3) is 4.12. The lowest BCUT2D eigenvalue weighted by Gasteiger charge is -2.13. The Bertz CT molecular complexity index is 422. The van der Waals surface area contributed by atoms with Crippen molar-refractivity contribution in [3.63, 3.8) is 0 Å². The highest BCUT2D eigenvalue weighted by Crippen LogP contribution is 2.26. The van der Waals surface area contributed by atoms with Crippen LogP contribution in [0.4, 0.5) is 14.5 Å². The van der Waals surface area contributed by atoms with E-state index in [0.717, 1.165) is 6.07 Å². The average Bonchev–Trinajstić information content (AvgIpc) is 2.30. The van der Waals surface area contributed by atoms with Gasteiger partial charge in [0.1, 0.15) is 5.82 Å². The van der Waals surface area contributed by atoms with Crippen LogP contribution in [0, 0.1) is 11.6 Å². The van der Waals surface area contributed by atoms with Crippen molar-refractivity contribution in [3.05, 3.63) is 28.8 Å². The number of carbonyl (C=O) groups is 1. The number of halogens is 3. The Balaban J connectivity index is 2.76. The van der Waals surface area contributed by atoms with Crippen molar-refractivity contribution in [2.75, 3.05) is 17.3 Å². The molecule has 0 aliphatic heterocycles. The molecule has 3 N–H and O–H groups in total. The van der Waals surface area contributed by atoms with Crippen LogP contribution in [0.2, 0.25) is 5.02 Å². The SMILES string of the molecule is CSCC[C@H](N)C(=O)Nc1c(F)cc(F)cc1Cl. The van der Waals surface area contributed by atoms with Crippen molar-refractivity contribution in [1.82, 2.24) is 0 Å². The highest BCUT2D eigenvalue weighted by molar-refractivity contribution is 7.98. The van der Waals surface area contributed by atoms with Crippen LogP contribution in [0.1, 0.15) is 6.42 Å². The van der Waals surface area contributed by atoms with Gasteiger partial charge in [0.15, 0.2) is 5.82 Å². The van der Waals surface area contributed by atoms with Crippen LogP contribution in [-0.4, -0.2) is 24.0 Å². The largest absolute Gasteiger partial charge is 0.321 e. The first-order chi connectivity index (χ1) is 8.45. The smallest absolute Gasteiger partial charge is 0.241 e. The van der Waals surface area contributed by atoms with Crippen LogP contribution >= 0.6 is 23.4 Å². The zero-order valence-corrected chi connectivity index (χ0v) is 11.2. The quantitative estimate of drug-likeness (QED) is 0.878. The third-order valence-electron chi connectivity index (χ3n) is 2.22. The number of amides is 1. The molecule has 7 heteroatoms. The summed E-state index contributed by atoms with van der Waals surface area (Å²) in [6, 6.07) is 0.820. The van der Waals surface area contributed by atoms with Gasteiger partial charge in [-0.3, -0.25) is 4.79 Å². The predicted octanol–water partition coefficient (Wildman–Crippen LogP) is 2.64. The molecular formula is C11H13ClF2N2OS. The number of hydrogen-bond donors (Lipinski definition) is 2. The number of anilines is 1.